The van der Waals surface area contributed by atoms with Gasteiger partial charge in [-0.05, 0) is 43.3 Å². The summed E-state index contributed by atoms with van der Waals surface area (Å²) in [7, 11) is 0. The SMILES string of the molecule is CCCCn1c(=O)c2sccc2n2c(=O)n(CC(=O)c3cc(C)ccc3C)nc12. The van der Waals surface area contributed by atoms with Crippen molar-refractivity contribution in [2.24, 2.45) is 0 Å². The number of fused-ring (bicyclic) bond motifs is 3. The summed E-state index contributed by atoms with van der Waals surface area (Å²) in [6.45, 7) is 6.15. The number of ketones is 1. The second-order valence-corrected chi connectivity index (χ2v) is 8.18. The Morgan fingerprint density at radius 2 is 1.97 bits per heavy atom. The lowest BCUT2D eigenvalue weighted by Gasteiger charge is -2.06. The molecule has 0 aliphatic carbocycles. The van der Waals surface area contributed by atoms with Gasteiger partial charge in [0.2, 0.25) is 5.78 Å². The number of aromatic nitrogens is 4. The highest BCUT2D eigenvalue weighted by Crippen LogP contribution is 2.18. The number of carbonyl (C=O) groups excluding carboxylic acids is 1. The van der Waals surface area contributed by atoms with Crippen LogP contribution in [0.5, 0.6) is 0 Å². The first-order chi connectivity index (χ1) is 13.9. The predicted octanol–water partition coefficient (Wildman–Crippen LogP) is 3.17. The zero-order valence-electron chi connectivity index (χ0n) is 16.6. The number of Topliss-reactive ketones (excluding diaryl/α,β-unsaturated/α-hetero) is 1. The van der Waals surface area contributed by atoms with E-state index in [1.807, 2.05) is 39.0 Å². The van der Waals surface area contributed by atoms with E-state index in [4.69, 9.17) is 0 Å². The zero-order chi connectivity index (χ0) is 20.7. The van der Waals surface area contributed by atoms with E-state index in [0.29, 0.717) is 22.3 Å². The van der Waals surface area contributed by atoms with Crippen molar-refractivity contribution in [1.82, 2.24) is 18.7 Å². The van der Waals surface area contributed by atoms with Crippen LogP contribution in [0.15, 0.2) is 39.2 Å². The van der Waals surface area contributed by atoms with E-state index in [-0.39, 0.29) is 23.7 Å². The molecular formula is C21H22N4O3S. The van der Waals surface area contributed by atoms with Crippen LogP contribution in [-0.4, -0.2) is 24.5 Å². The minimum absolute atomic E-state index is 0.144. The van der Waals surface area contributed by atoms with Gasteiger partial charge in [-0.15, -0.1) is 16.4 Å². The molecular weight excluding hydrogens is 388 g/mol. The maximum absolute atomic E-state index is 13.1. The van der Waals surface area contributed by atoms with Crippen LogP contribution in [0.2, 0.25) is 0 Å². The fourth-order valence-electron chi connectivity index (χ4n) is 3.51. The molecule has 4 aromatic rings. The highest BCUT2D eigenvalue weighted by Gasteiger charge is 2.20. The number of thiophene rings is 1. The van der Waals surface area contributed by atoms with E-state index in [1.165, 1.54) is 20.4 Å². The highest BCUT2D eigenvalue weighted by atomic mass is 32.1. The summed E-state index contributed by atoms with van der Waals surface area (Å²) in [5.74, 6) is 0.105. The number of hydrogen-bond donors (Lipinski definition) is 0. The molecule has 0 unspecified atom stereocenters. The second-order valence-electron chi connectivity index (χ2n) is 7.26. The Bertz CT molecular complexity index is 1360. The molecule has 0 N–H and O–H groups in total. The summed E-state index contributed by atoms with van der Waals surface area (Å²) < 4.78 is 4.68. The molecule has 29 heavy (non-hydrogen) atoms. The van der Waals surface area contributed by atoms with E-state index >= 15 is 0 Å². The van der Waals surface area contributed by atoms with Gasteiger partial charge in [-0.25, -0.2) is 13.9 Å². The number of hydrogen-bond acceptors (Lipinski definition) is 5. The number of unbranched alkanes of at least 4 members (excludes halogenated alkanes) is 1. The van der Waals surface area contributed by atoms with Crippen LogP contribution in [0.1, 0.15) is 41.3 Å². The quantitative estimate of drug-likeness (QED) is 0.458. The fraction of sp³-hybridized carbons (Fsp3) is 0.333. The van der Waals surface area contributed by atoms with Crippen LogP contribution in [-0.2, 0) is 13.1 Å². The van der Waals surface area contributed by atoms with Gasteiger partial charge in [0.1, 0.15) is 11.2 Å². The Kier molecular flexibility index (Phi) is 4.96. The molecule has 4 rings (SSSR count). The normalized spacial score (nSPS) is 11.6. The summed E-state index contributed by atoms with van der Waals surface area (Å²) in [6, 6.07) is 7.42. The lowest BCUT2D eigenvalue weighted by atomic mass is 10.0. The largest absolute Gasteiger partial charge is 0.352 e. The van der Waals surface area contributed by atoms with Gasteiger partial charge in [0.15, 0.2) is 5.78 Å². The summed E-state index contributed by atoms with van der Waals surface area (Å²) in [6.07, 6.45) is 1.71. The zero-order valence-corrected chi connectivity index (χ0v) is 17.5. The van der Waals surface area contributed by atoms with Crippen LogP contribution < -0.4 is 11.2 Å². The van der Waals surface area contributed by atoms with E-state index in [2.05, 4.69) is 5.10 Å². The molecule has 0 aliphatic heterocycles. The molecule has 0 amide bonds. The Labute approximate surface area is 170 Å². The first kappa shape index (κ1) is 19.3. The van der Waals surface area contributed by atoms with Crippen molar-refractivity contribution in [2.45, 2.75) is 46.7 Å². The Morgan fingerprint density at radius 3 is 2.72 bits per heavy atom. The molecule has 150 valence electrons. The van der Waals surface area contributed by atoms with Crippen molar-refractivity contribution in [2.75, 3.05) is 0 Å². The monoisotopic (exact) mass is 410 g/mol. The van der Waals surface area contributed by atoms with Crippen LogP contribution in [0.4, 0.5) is 0 Å². The second kappa shape index (κ2) is 7.44. The van der Waals surface area contributed by atoms with Crippen molar-refractivity contribution < 1.29 is 4.79 Å². The Hall–Kier alpha value is -3.00. The summed E-state index contributed by atoms with van der Waals surface area (Å²) in [5.41, 5.74) is 2.41. The van der Waals surface area contributed by atoms with Crippen LogP contribution in [0.25, 0.3) is 16.0 Å². The lowest BCUT2D eigenvalue weighted by Crippen LogP contribution is -2.27. The average Bonchev–Trinajstić information content (AvgIpc) is 3.29. The minimum atomic E-state index is -0.410. The van der Waals surface area contributed by atoms with Gasteiger partial charge in [-0.2, -0.15) is 0 Å². The molecule has 0 bridgehead atoms. The molecule has 1 aromatic carbocycles. The molecule has 0 fully saturated rings. The van der Waals surface area contributed by atoms with Crippen molar-refractivity contribution in [3.63, 3.8) is 0 Å². The maximum atomic E-state index is 13.1. The predicted molar refractivity (Wildman–Crippen MR) is 114 cm³/mol. The van der Waals surface area contributed by atoms with Gasteiger partial charge >= 0.3 is 5.69 Å². The molecule has 7 nitrogen and oxygen atoms in total. The van der Waals surface area contributed by atoms with E-state index in [0.717, 1.165) is 24.0 Å². The molecule has 0 atom stereocenters. The molecule has 0 saturated carbocycles. The van der Waals surface area contributed by atoms with Crippen molar-refractivity contribution in [3.8, 4) is 0 Å². The summed E-state index contributed by atoms with van der Waals surface area (Å²) in [5, 5.41) is 6.18. The van der Waals surface area contributed by atoms with Gasteiger partial charge in [-0.1, -0.05) is 31.0 Å². The maximum Gasteiger partial charge on any atom is 0.352 e. The minimum Gasteiger partial charge on any atom is -0.292 e. The summed E-state index contributed by atoms with van der Waals surface area (Å²) >= 11 is 1.31. The third kappa shape index (κ3) is 3.23. The molecule has 3 aromatic heterocycles. The molecule has 3 heterocycles. The smallest absolute Gasteiger partial charge is 0.292 e. The van der Waals surface area contributed by atoms with Gasteiger partial charge < -0.3 is 0 Å². The number of rotatable bonds is 6. The average molecular weight is 410 g/mol. The molecule has 8 heteroatoms. The van der Waals surface area contributed by atoms with Crippen LogP contribution in [0.3, 0.4) is 0 Å². The number of carbonyl (C=O) groups is 1. The van der Waals surface area contributed by atoms with Crippen LogP contribution >= 0.6 is 11.3 Å². The van der Waals surface area contributed by atoms with Crippen LogP contribution in [0, 0.1) is 13.8 Å². The summed E-state index contributed by atoms with van der Waals surface area (Å²) in [4.78, 5) is 38.9. The Morgan fingerprint density at radius 1 is 1.17 bits per heavy atom. The Balaban J connectivity index is 1.87. The van der Waals surface area contributed by atoms with Crippen molar-refractivity contribution >= 4 is 33.1 Å². The first-order valence-corrected chi connectivity index (χ1v) is 10.5. The standard InChI is InChI=1S/C21H22N4O3S/c1-4-5-9-23-19(27)18-16(8-10-29-18)25-20(23)22-24(21(25)28)12-17(26)15-11-13(2)6-7-14(15)3/h6-8,10-11H,4-5,9,12H2,1-3H3. The van der Waals surface area contributed by atoms with Gasteiger partial charge in [0.05, 0.1) is 5.52 Å². The van der Waals surface area contributed by atoms with E-state index < -0.39 is 5.69 Å². The number of benzene rings is 1. The van der Waals surface area contributed by atoms with E-state index in [1.54, 1.807) is 16.0 Å². The number of nitrogens with zero attached hydrogens (tertiary/aromatic N) is 4. The van der Waals surface area contributed by atoms with E-state index in [9.17, 15) is 14.4 Å². The topological polar surface area (TPSA) is 78.4 Å². The highest BCUT2D eigenvalue weighted by molar-refractivity contribution is 7.17. The fourth-order valence-corrected chi connectivity index (χ4v) is 4.34. The van der Waals surface area contributed by atoms with Crippen molar-refractivity contribution in [1.29, 1.82) is 0 Å². The van der Waals surface area contributed by atoms with Crippen molar-refractivity contribution in [3.05, 3.63) is 67.2 Å². The molecule has 0 aliphatic rings. The third-order valence-electron chi connectivity index (χ3n) is 5.11. The third-order valence-corrected chi connectivity index (χ3v) is 6.00. The molecule has 0 saturated heterocycles. The lowest BCUT2D eigenvalue weighted by molar-refractivity contribution is 0.0965. The number of aryl methyl sites for hydroxylation is 3. The van der Waals surface area contributed by atoms with Gasteiger partial charge in [0, 0.05) is 12.1 Å². The van der Waals surface area contributed by atoms with Gasteiger partial charge in [0.25, 0.3) is 5.56 Å². The first-order valence-electron chi connectivity index (χ1n) is 9.62. The molecule has 0 spiro atoms. The molecule has 0 radical (unpaired) electrons. The van der Waals surface area contributed by atoms with Gasteiger partial charge in [-0.3, -0.25) is 14.2 Å².